The Morgan fingerprint density at radius 1 is 0.857 bits per heavy atom. The maximum Gasteiger partial charge on any atom is 0.328 e. The minimum atomic E-state index is -1.57. The molecule has 1 heterocycles. The number of aliphatic hydroxyl groups is 1. The zero-order chi connectivity index (χ0) is 30.6. The number of para-hydroxylation sites is 1. The molecule has 1 aromatic heterocycles. The molecule has 3 aromatic rings. The first-order valence-electron chi connectivity index (χ1n) is 14.0. The van der Waals surface area contributed by atoms with Crippen molar-refractivity contribution in [3.63, 3.8) is 0 Å². The van der Waals surface area contributed by atoms with Crippen LogP contribution >= 0.6 is 0 Å². The third kappa shape index (κ3) is 9.13. The van der Waals surface area contributed by atoms with Gasteiger partial charge in [-0.15, -0.1) is 0 Å². The highest BCUT2D eigenvalue weighted by atomic mass is 16.4. The standard InChI is InChI=1S/C30H40N6O6/c1-18(37)26(30(41)42)36-28(39)24(13-7-8-14-31)34-29(40)25(16-20-17-33-23-12-6-5-11-21(20)23)35-27(38)22(32)15-19-9-3-2-4-10-19/h2-6,9-12,17-18,22,24-26,33,37H,7-8,13-16,31-32H2,1H3,(H,34,40)(H,35,38)(H,36,39)(H,41,42). The average Bonchev–Trinajstić information content (AvgIpc) is 3.37. The van der Waals surface area contributed by atoms with E-state index in [1.165, 1.54) is 6.92 Å². The highest BCUT2D eigenvalue weighted by Gasteiger charge is 2.32. The Hall–Kier alpha value is -4.26. The van der Waals surface area contributed by atoms with Crippen molar-refractivity contribution in [2.24, 2.45) is 11.5 Å². The first-order valence-corrected chi connectivity index (χ1v) is 14.0. The Labute approximate surface area is 244 Å². The fourth-order valence-corrected chi connectivity index (χ4v) is 4.65. The number of aromatic amines is 1. The molecule has 0 aliphatic carbocycles. The normalized spacial score (nSPS) is 14.8. The molecule has 226 valence electrons. The quantitative estimate of drug-likeness (QED) is 0.110. The molecule has 3 rings (SSSR count). The number of carboxylic acid groups (broad SMARTS) is 1. The van der Waals surface area contributed by atoms with Gasteiger partial charge in [-0.25, -0.2) is 4.79 Å². The van der Waals surface area contributed by atoms with Gasteiger partial charge in [0.15, 0.2) is 6.04 Å². The first-order chi connectivity index (χ1) is 20.1. The van der Waals surface area contributed by atoms with Gasteiger partial charge in [0.05, 0.1) is 12.1 Å². The molecule has 0 spiro atoms. The smallest absolute Gasteiger partial charge is 0.328 e. The van der Waals surface area contributed by atoms with Gasteiger partial charge in [-0.05, 0) is 56.3 Å². The van der Waals surface area contributed by atoms with E-state index in [9.17, 15) is 29.4 Å². The maximum atomic E-state index is 13.7. The summed E-state index contributed by atoms with van der Waals surface area (Å²) < 4.78 is 0. The molecule has 2 aromatic carbocycles. The number of benzene rings is 2. The van der Waals surface area contributed by atoms with Gasteiger partial charge in [-0.1, -0.05) is 48.5 Å². The molecule has 0 aliphatic rings. The molecule has 0 radical (unpaired) electrons. The number of hydrogen-bond donors (Lipinski definition) is 8. The Morgan fingerprint density at radius 2 is 1.50 bits per heavy atom. The van der Waals surface area contributed by atoms with Crippen molar-refractivity contribution in [2.45, 2.75) is 69.3 Å². The number of aromatic nitrogens is 1. The van der Waals surface area contributed by atoms with Crippen LogP contribution < -0.4 is 27.4 Å². The van der Waals surface area contributed by atoms with Crippen molar-refractivity contribution in [1.82, 2.24) is 20.9 Å². The fraction of sp³-hybridized carbons (Fsp3) is 0.400. The highest BCUT2D eigenvalue weighted by molar-refractivity contribution is 5.95. The Kier molecular flexibility index (Phi) is 12.0. The number of aliphatic carboxylic acids is 1. The second kappa shape index (κ2) is 15.7. The number of rotatable bonds is 16. The van der Waals surface area contributed by atoms with E-state index in [4.69, 9.17) is 11.5 Å². The van der Waals surface area contributed by atoms with Gasteiger partial charge >= 0.3 is 5.97 Å². The molecule has 5 atom stereocenters. The van der Waals surface area contributed by atoms with Crippen LogP contribution in [0, 0.1) is 0 Å². The summed E-state index contributed by atoms with van der Waals surface area (Å²) in [5.41, 5.74) is 14.3. The van der Waals surface area contributed by atoms with Gasteiger partial charge in [0.25, 0.3) is 0 Å². The number of nitrogens with two attached hydrogens (primary N) is 2. The van der Waals surface area contributed by atoms with Gasteiger partial charge in [0.2, 0.25) is 17.7 Å². The van der Waals surface area contributed by atoms with Gasteiger partial charge < -0.3 is 42.6 Å². The van der Waals surface area contributed by atoms with Crippen molar-refractivity contribution < 1.29 is 29.4 Å². The third-order valence-corrected chi connectivity index (χ3v) is 6.99. The lowest BCUT2D eigenvalue weighted by Crippen LogP contribution is -2.58. The van der Waals surface area contributed by atoms with Crippen LogP contribution in [0.5, 0.6) is 0 Å². The molecular formula is C30H40N6O6. The van der Waals surface area contributed by atoms with E-state index in [1.54, 1.807) is 6.20 Å². The molecule has 0 bridgehead atoms. The van der Waals surface area contributed by atoms with Crippen molar-refractivity contribution in [2.75, 3.05) is 6.54 Å². The van der Waals surface area contributed by atoms with Crippen molar-refractivity contribution in [1.29, 1.82) is 0 Å². The van der Waals surface area contributed by atoms with E-state index in [0.717, 1.165) is 22.0 Å². The number of aliphatic hydroxyl groups excluding tert-OH is 1. The number of fused-ring (bicyclic) bond motifs is 1. The Bertz CT molecular complexity index is 1340. The molecule has 5 unspecified atom stereocenters. The van der Waals surface area contributed by atoms with Gasteiger partial charge in [0.1, 0.15) is 12.1 Å². The van der Waals surface area contributed by atoms with Gasteiger partial charge in [0, 0.05) is 23.5 Å². The van der Waals surface area contributed by atoms with E-state index in [1.807, 2.05) is 54.6 Å². The summed E-state index contributed by atoms with van der Waals surface area (Å²) >= 11 is 0. The summed E-state index contributed by atoms with van der Waals surface area (Å²) in [5.74, 6) is -3.37. The summed E-state index contributed by atoms with van der Waals surface area (Å²) in [6.45, 7) is 1.61. The number of nitrogens with one attached hydrogen (secondary N) is 4. The molecule has 0 saturated carbocycles. The second-order valence-corrected chi connectivity index (χ2v) is 10.3. The lowest BCUT2D eigenvalue weighted by Gasteiger charge is -2.26. The average molecular weight is 581 g/mol. The molecule has 42 heavy (non-hydrogen) atoms. The van der Waals surface area contributed by atoms with Crippen molar-refractivity contribution in [3.8, 4) is 0 Å². The number of carbonyl (C=O) groups excluding carboxylic acids is 3. The summed E-state index contributed by atoms with van der Waals surface area (Å²) in [5, 5.41) is 27.8. The zero-order valence-electron chi connectivity index (χ0n) is 23.6. The summed E-state index contributed by atoms with van der Waals surface area (Å²) in [6, 6.07) is 12.0. The molecule has 12 nitrogen and oxygen atoms in total. The number of carboxylic acids is 1. The summed E-state index contributed by atoms with van der Waals surface area (Å²) in [7, 11) is 0. The SMILES string of the molecule is CC(O)C(NC(=O)C(CCCCN)NC(=O)C(Cc1c[nH]c2ccccc12)NC(=O)C(N)Cc1ccccc1)C(=O)O. The predicted octanol–water partition coefficient (Wildman–Crippen LogP) is 0.329. The predicted molar refractivity (Wildman–Crippen MR) is 158 cm³/mol. The van der Waals surface area contributed by atoms with E-state index >= 15 is 0 Å². The molecule has 0 fully saturated rings. The van der Waals surface area contributed by atoms with Crippen molar-refractivity contribution in [3.05, 3.63) is 71.9 Å². The number of carbonyl (C=O) groups is 4. The van der Waals surface area contributed by atoms with Crippen LogP contribution in [-0.2, 0) is 32.0 Å². The minimum absolute atomic E-state index is 0.0994. The monoisotopic (exact) mass is 580 g/mol. The fourth-order valence-electron chi connectivity index (χ4n) is 4.65. The zero-order valence-corrected chi connectivity index (χ0v) is 23.6. The van der Waals surface area contributed by atoms with E-state index in [-0.39, 0.29) is 19.3 Å². The van der Waals surface area contributed by atoms with E-state index in [0.29, 0.717) is 19.4 Å². The lowest BCUT2D eigenvalue weighted by atomic mass is 10.0. The molecule has 0 aliphatic heterocycles. The largest absolute Gasteiger partial charge is 0.480 e. The molecule has 3 amide bonds. The second-order valence-electron chi connectivity index (χ2n) is 10.3. The summed E-state index contributed by atoms with van der Waals surface area (Å²) in [4.78, 5) is 54.6. The first kappa shape index (κ1) is 32.3. The number of unbranched alkanes of at least 4 members (excludes halogenated alkanes) is 1. The number of hydrogen-bond acceptors (Lipinski definition) is 7. The maximum absolute atomic E-state index is 13.7. The van der Waals surface area contributed by atoms with E-state index in [2.05, 4.69) is 20.9 Å². The van der Waals surface area contributed by atoms with Crippen molar-refractivity contribution >= 4 is 34.6 Å². The minimum Gasteiger partial charge on any atom is -0.480 e. The summed E-state index contributed by atoms with van der Waals surface area (Å²) in [6.07, 6.45) is 1.96. The number of H-pyrrole nitrogens is 1. The lowest BCUT2D eigenvalue weighted by molar-refractivity contribution is -0.145. The van der Waals surface area contributed by atoms with Gasteiger partial charge in [-0.3, -0.25) is 14.4 Å². The van der Waals surface area contributed by atoms with Crippen LogP contribution in [-0.4, -0.2) is 75.7 Å². The third-order valence-electron chi connectivity index (χ3n) is 6.99. The molecule has 10 N–H and O–H groups in total. The molecule has 12 heteroatoms. The van der Waals surface area contributed by atoms with Crippen LogP contribution in [0.25, 0.3) is 10.9 Å². The molecular weight excluding hydrogens is 540 g/mol. The highest BCUT2D eigenvalue weighted by Crippen LogP contribution is 2.19. The van der Waals surface area contributed by atoms with Crippen LogP contribution in [0.4, 0.5) is 0 Å². The molecule has 0 saturated heterocycles. The Morgan fingerprint density at radius 3 is 2.17 bits per heavy atom. The van der Waals surface area contributed by atoms with Crippen LogP contribution in [0.2, 0.25) is 0 Å². The number of amides is 3. The Balaban J connectivity index is 1.83. The van der Waals surface area contributed by atoms with E-state index < -0.39 is 54.0 Å². The van der Waals surface area contributed by atoms with Crippen LogP contribution in [0.15, 0.2) is 60.8 Å². The van der Waals surface area contributed by atoms with Crippen LogP contribution in [0.1, 0.15) is 37.3 Å². The van der Waals surface area contributed by atoms with Crippen LogP contribution in [0.3, 0.4) is 0 Å². The topological polar surface area (TPSA) is 213 Å². The van der Waals surface area contributed by atoms with Gasteiger partial charge in [-0.2, -0.15) is 0 Å².